The van der Waals surface area contributed by atoms with Crippen molar-refractivity contribution in [3.05, 3.63) is 58.5 Å². The molecule has 3 aromatic rings. The molecule has 0 amide bonds. The van der Waals surface area contributed by atoms with Gasteiger partial charge in [0.2, 0.25) is 0 Å². The fourth-order valence-corrected chi connectivity index (χ4v) is 2.39. The molecule has 0 N–H and O–H groups in total. The highest BCUT2D eigenvalue weighted by atomic mass is 79.9. The SMILES string of the molecule is Cc1ccc(Oc2cc(Br)cn3cc(C)nc23)cc1. The normalized spacial score (nSPS) is 10.9. The maximum absolute atomic E-state index is 5.93. The molecule has 96 valence electrons. The number of hydrogen-bond donors (Lipinski definition) is 0. The molecule has 0 radical (unpaired) electrons. The fraction of sp³-hybridized carbons (Fsp3) is 0.133. The van der Waals surface area contributed by atoms with Crippen molar-refractivity contribution in [2.45, 2.75) is 13.8 Å². The number of pyridine rings is 1. The molecule has 0 atom stereocenters. The Morgan fingerprint density at radius 3 is 2.58 bits per heavy atom. The highest BCUT2D eigenvalue weighted by molar-refractivity contribution is 9.10. The Labute approximate surface area is 120 Å². The Hall–Kier alpha value is -1.81. The zero-order valence-corrected chi connectivity index (χ0v) is 12.3. The molecule has 0 bridgehead atoms. The van der Waals surface area contributed by atoms with Gasteiger partial charge in [-0.05, 0) is 41.9 Å². The molecule has 4 heteroatoms. The summed E-state index contributed by atoms with van der Waals surface area (Å²) in [5.41, 5.74) is 3.00. The molecule has 0 aliphatic rings. The van der Waals surface area contributed by atoms with Gasteiger partial charge in [0.25, 0.3) is 0 Å². The van der Waals surface area contributed by atoms with Crippen molar-refractivity contribution < 1.29 is 4.74 Å². The van der Waals surface area contributed by atoms with Gasteiger partial charge in [0.05, 0.1) is 5.69 Å². The topological polar surface area (TPSA) is 26.5 Å². The van der Waals surface area contributed by atoms with Gasteiger partial charge >= 0.3 is 0 Å². The zero-order chi connectivity index (χ0) is 13.4. The van der Waals surface area contributed by atoms with Crippen LogP contribution < -0.4 is 4.74 Å². The van der Waals surface area contributed by atoms with Crippen LogP contribution in [0.5, 0.6) is 11.5 Å². The number of halogens is 1. The Morgan fingerprint density at radius 1 is 1.11 bits per heavy atom. The van der Waals surface area contributed by atoms with Crippen molar-refractivity contribution in [1.29, 1.82) is 0 Å². The number of benzene rings is 1. The molecular formula is C15H13BrN2O. The van der Waals surface area contributed by atoms with Gasteiger partial charge in [-0.2, -0.15) is 0 Å². The van der Waals surface area contributed by atoms with Crippen LogP contribution in [-0.2, 0) is 0 Å². The number of fused-ring (bicyclic) bond motifs is 1. The van der Waals surface area contributed by atoms with E-state index in [9.17, 15) is 0 Å². The van der Waals surface area contributed by atoms with Crippen LogP contribution in [0.25, 0.3) is 5.65 Å². The smallest absolute Gasteiger partial charge is 0.180 e. The van der Waals surface area contributed by atoms with Crippen LogP contribution in [0.2, 0.25) is 0 Å². The van der Waals surface area contributed by atoms with Crippen LogP contribution in [0.1, 0.15) is 11.3 Å². The first kappa shape index (κ1) is 12.2. The average Bonchev–Trinajstić information content (AvgIpc) is 2.72. The van der Waals surface area contributed by atoms with Crippen LogP contribution >= 0.6 is 15.9 Å². The van der Waals surface area contributed by atoms with Crippen LogP contribution in [0.15, 0.2) is 47.2 Å². The summed E-state index contributed by atoms with van der Waals surface area (Å²) in [6.07, 6.45) is 3.94. The maximum atomic E-state index is 5.93. The van der Waals surface area contributed by atoms with Gasteiger partial charge in [-0.3, -0.25) is 0 Å². The molecular weight excluding hydrogens is 304 g/mol. The summed E-state index contributed by atoms with van der Waals surface area (Å²) in [4.78, 5) is 4.49. The third-order valence-corrected chi connectivity index (χ3v) is 3.29. The number of imidazole rings is 1. The van der Waals surface area contributed by atoms with Gasteiger partial charge in [0.15, 0.2) is 11.4 Å². The predicted octanol–water partition coefficient (Wildman–Crippen LogP) is 4.51. The first-order valence-corrected chi connectivity index (χ1v) is 6.80. The van der Waals surface area contributed by atoms with E-state index in [0.29, 0.717) is 0 Å². The summed E-state index contributed by atoms with van der Waals surface area (Å²) in [6.45, 7) is 4.02. The molecule has 0 unspecified atom stereocenters. The van der Waals surface area contributed by atoms with Crippen molar-refractivity contribution >= 4 is 21.6 Å². The summed E-state index contributed by atoms with van der Waals surface area (Å²) in [5.74, 6) is 1.55. The molecule has 2 aromatic heterocycles. The van der Waals surface area contributed by atoms with E-state index >= 15 is 0 Å². The first-order valence-electron chi connectivity index (χ1n) is 6.01. The highest BCUT2D eigenvalue weighted by Gasteiger charge is 2.08. The molecule has 0 saturated heterocycles. The lowest BCUT2D eigenvalue weighted by molar-refractivity contribution is 0.484. The second-order valence-electron chi connectivity index (χ2n) is 4.55. The third kappa shape index (κ3) is 2.49. The molecule has 0 saturated carbocycles. The molecule has 2 heterocycles. The van der Waals surface area contributed by atoms with E-state index in [1.165, 1.54) is 5.56 Å². The van der Waals surface area contributed by atoms with E-state index in [1.807, 2.05) is 54.0 Å². The van der Waals surface area contributed by atoms with E-state index in [-0.39, 0.29) is 0 Å². The average molecular weight is 317 g/mol. The van der Waals surface area contributed by atoms with E-state index < -0.39 is 0 Å². The van der Waals surface area contributed by atoms with Crippen LogP contribution in [0.4, 0.5) is 0 Å². The van der Waals surface area contributed by atoms with E-state index in [2.05, 4.69) is 27.8 Å². The molecule has 3 nitrogen and oxygen atoms in total. The lowest BCUT2D eigenvalue weighted by Gasteiger charge is -2.08. The van der Waals surface area contributed by atoms with Crippen molar-refractivity contribution in [2.24, 2.45) is 0 Å². The standard InChI is InChI=1S/C15H13BrN2O/c1-10-3-5-13(6-4-10)19-14-7-12(16)9-18-8-11(2)17-15(14)18/h3-9H,1-2H3. The molecule has 19 heavy (non-hydrogen) atoms. The third-order valence-electron chi connectivity index (χ3n) is 2.85. The molecule has 1 aromatic carbocycles. The lowest BCUT2D eigenvalue weighted by atomic mass is 10.2. The Kier molecular flexibility index (Phi) is 3.03. The van der Waals surface area contributed by atoms with Crippen LogP contribution in [-0.4, -0.2) is 9.38 Å². The second-order valence-corrected chi connectivity index (χ2v) is 5.47. The maximum Gasteiger partial charge on any atom is 0.180 e. The highest BCUT2D eigenvalue weighted by Crippen LogP contribution is 2.29. The molecule has 0 spiro atoms. The summed E-state index contributed by atoms with van der Waals surface area (Å²) in [6, 6.07) is 9.91. The van der Waals surface area contributed by atoms with Gasteiger partial charge in [-0.15, -0.1) is 0 Å². The molecule has 0 aliphatic carbocycles. The van der Waals surface area contributed by atoms with E-state index in [4.69, 9.17) is 4.74 Å². The minimum absolute atomic E-state index is 0.742. The van der Waals surface area contributed by atoms with Gasteiger partial charge in [0, 0.05) is 22.9 Å². The number of nitrogens with zero attached hydrogens (tertiary/aromatic N) is 2. The molecule has 0 aliphatic heterocycles. The Bertz CT molecular complexity index is 732. The number of aromatic nitrogens is 2. The van der Waals surface area contributed by atoms with Gasteiger partial charge in [-0.1, -0.05) is 17.7 Å². The quantitative estimate of drug-likeness (QED) is 0.695. The minimum atomic E-state index is 0.742. The second kappa shape index (κ2) is 4.70. The number of aryl methyl sites for hydroxylation is 2. The monoisotopic (exact) mass is 316 g/mol. The summed E-state index contributed by atoms with van der Waals surface area (Å²) in [5, 5.41) is 0. The summed E-state index contributed by atoms with van der Waals surface area (Å²) < 4.78 is 8.85. The first-order chi connectivity index (χ1) is 9.11. The van der Waals surface area contributed by atoms with Gasteiger partial charge in [-0.25, -0.2) is 4.98 Å². The van der Waals surface area contributed by atoms with E-state index in [0.717, 1.165) is 27.3 Å². The number of rotatable bonds is 2. The summed E-state index contributed by atoms with van der Waals surface area (Å²) in [7, 11) is 0. The predicted molar refractivity (Wildman–Crippen MR) is 78.9 cm³/mol. The zero-order valence-electron chi connectivity index (χ0n) is 10.7. The fourth-order valence-electron chi connectivity index (χ4n) is 1.97. The number of hydrogen-bond acceptors (Lipinski definition) is 2. The van der Waals surface area contributed by atoms with E-state index in [1.54, 1.807) is 0 Å². The molecule has 3 rings (SSSR count). The lowest BCUT2D eigenvalue weighted by Crippen LogP contribution is -1.90. The van der Waals surface area contributed by atoms with Crippen LogP contribution in [0.3, 0.4) is 0 Å². The van der Waals surface area contributed by atoms with Gasteiger partial charge < -0.3 is 9.14 Å². The summed E-state index contributed by atoms with van der Waals surface area (Å²) >= 11 is 3.49. The van der Waals surface area contributed by atoms with Crippen molar-refractivity contribution in [1.82, 2.24) is 9.38 Å². The van der Waals surface area contributed by atoms with Crippen LogP contribution in [0, 0.1) is 13.8 Å². The Balaban J connectivity index is 2.06. The number of ether oxygens (including phenoxy) is 1. The minimum Gasteiger partial charge on any atom is -0.453 e. The van der Waals surface area contributed by atoms with Crippen molar-refractivity contribution in [3.8, 4) is 11.5 Å². The largest absolute Gasteiger partial charge is 0.453 e. The van der Waals surface area contributed by atoms with Gasteiger partial charge in [0.1, 0.15) is 5.75 Å². The molecule has 0 fully saturated rings. The van der Waals surface area contributed by atoms with Crippen molar-refractivity contribution in [2.75, 3.05) is 0 Å². The van der Waals surface area contributed by atoms with Crippen molar-refractivity contribution in [3.63, 3.8) is 0 Å². The Morgan fingerprint density at radius 2 is 1.84 bits per heavy atom.